The lowest BCUT2D eigenvalue weighted by Crippen LogP contribution is -2.36. The van der Waals surface area contributed by atoms with E-state index in [0.717, 1.165) is 37.7 Å². The maximum absolute atomic E-state index is 6.17. The van der Waals surface area contributed by atoms with Gasteiger partial charge in [0, 0.05) is 13.1 Å². The number of hydrogen-bond acceptors (Lipinski definition) is 3. The third-order valence-corrected chi connectivity index (χ3v) is 3.25. The van der Waals surface area contributed by atoms with Gasteiger partial charge in [-0.25, -0.2) is 0 Å². The average Bonchev–Trinajstić information content (AvgIpc) is 2.29. The standard InChI is InChI=1S/C14H22N2O/c1-14(2,3)11-4-5-13(12(15)10-11)16-6-8-17-9-7-16/h4-5,10H,6-9,15H2,1-3H3. The van der Waals surface area contributed by atoms with Crippen LogP contribution in [0.4, 0.5) is 11.4 Å². The molecule has 0 unspecified atom stereocenters. The van der Waals surface area contributed by atoms with E-state index < -0.39 is 0 Å². The highest BCUT2D eigenvalue weighted by atomic mass is 16.5. The molecule has 1 saturated heterocycles. The molecule has 0 bridgehead atoms. The molecule has 1 aliphatic heterocycles. The first-order valence-electron chi connectivity index (χ1n) is 6.21. The van der Waals surface area contributed by atoms with Gasteiger partial charge >= 0.3 is 0 Å². The number of rotatable bonds is 1. The van der Waals surface area contributed by atoms with Crippen molar-refractivity contribution >= 4 is 11.4 Å². The Balaban J connectivity index is 2.25. The van der Waals surface area contributed by atoms with Crippen molar-refractivity contribution in [1.29, 1.82) is 0 Å². The smallest absolute Gasteiger partial charge is 0.0642 e. The number of anilines is 2. The summed E-state index contributed by atoms with van der Waals surface area (Å²) in [5.74, 6) is 0. The van der Waals surface area contributed by atoms with E-state index in [1.807, 2.05) is 0 Å². The van der Waals surface area contributed by atoms with E-state index in [4.69, 9.17) is 10.5 Å². The van der Waals surface area contributed by atoms with Crippen LogP contribution in [0.2, 0.25) is 0 Å². The van der Waals surface area contributed by atoms with Crippen LogP contribution in [0, 0.1) is 0 Å². The first kappa shape index (κ1) is 12.2. The van der Waals surface area contributed by atoms with E-state index in [1.165, 1.54) is 5.56 Å². The normalized spacial score (nSPS) is 17.2. The van der Waals surface area contributed by atoms with Crippen molar-refractivity contribution in [3.05, 3.63) is 23.8 Å². The number of nitrogens with zero attached hydrogens (tertiary/aromatic N) is 1. The van der Waals surface area contributed by atoms with E-state index in [9.17, 15) is 0 Å². The van der Waals surface area contributed by atoms with E-state index in [0.29, 0.717) is 0 Å². The van der Waals surface area contributed by atoms with Gasteiger partial charge < -0.3 is 15.4 Å². The molecule has 0 radical (unpaired) electrons. The van der Waals surface area contributed by atoms with Crippen molar-refractivity contribution in [3.63, 3.8) is 0 Å². The molecule has 0 saturated carbocycles. The third kappa shape index (κ3) is 2.72. The van der Waals surface area contributed by atoms with Gasteiger partial charge in [0.1, 0.15) is 0 Å². The van der Waals surface area contributed by atoms with Gasteiger partial charge in [0.05, 0.1) is 24.6 Å². The number of ether oxygens (including phenoxy) is 1. The second-order valence-electron chi connectivity index (χ2n) is 5.62. The number of benzene rings is 1. The van der Waals surface area contributed by atoms with Crippen molar-refractivity contribution in [2.75, 3.05) is 36.9 Å². The monoisotopic (exact) mass is 234 g/mol. The first-order valence-corrected chi connectivity index (χ1v) is 6.21. The number of nitrogen functional groups attached to an aromatic ring is 1. The Morgan fingerprint density at radius 3 is 2.35 bits per heavy atom. The second-order valence-corrected chi connectivity index (χ2v) is 5.62. The minimum Gasteiger partial charge on any atom is -0.397 e. The number of hydrogen-bond donors (Lipinski definition) is 1. The fourth-order valence-corrected chi connectivity index (χ4v) is 2.11. The quantitative estimate of drug-likeness (QED) is 0.758. The average molecular weight is 234 g/mol. The second kappa shape index (κ2) is 4.57. The van der Waals surface area contributed by atoms with Crippen molar-refractivity contribution in [3.8, 4) is 0 Å². The van der Waals surface area contributed by atoms with Crippen LogP contribution in [0.5, 0.6) is 0 Å². The largest absolute Gasteiger partial charge is 0.397 e. The SMILES string of the molecule is CC(C)(C)c1ccc(N2CCOCC2)c(N)c1. The van der Waals surface area contributed by atoms with Crippen LogP contribution in [0.25, 0.3) is 0 Å². The van der Waals surface area contributed by atoms with Gasteiger partial charge in [0.25, 0.3) is 0 Å². The Labute approximate surface area is 104 Å². The van der Waals surface area contributed by atoms with Gasteiger partial charge in [-0.2, -0.15) is 0 Å². The molecule has 0 spiro atoms. The molecule has 2 rings (SSSR count). The summed E-state index contributed by atoms with van der Waals surface area (Å²) in [6.45, 7) is 10.1. The first-order chi connectivity index (χ1) is 7.98. The molecule has 1 aliphatic rings. The molecule has 1 fully saturated rings. The molecule has 0 aromatic heterocycles. The van der Waals surface area contributed by atoms with Gasteiger partial charge in [-0.1, -0.05) is 26.8 Å². The van der Waals surface area contributed by atoms with Gasteiger partial charge in [-0.15, -0.1) is 0 Å². The summed E-state index contributed by atoms with van der Waals surface area (Å²) in [6.07, 6.45) is 0. The zero-order valence-electron chi connectivity index (χ0n) is 11.0. The Morgan fingerprint density at radius 2 is 1.82 bits per heavy atom. The molecule has 0 amide bonds. The van der Waals surface area contributed by atoms with Crippen molar-refractivity contribution in [2.45, 2.75) is 26.2 Å². The summed E-state index contributed by atoms with van der Waals surface area (Å²) >= 11 is 0. The third-order valence-electron chi connectivity index (χ3n) is 3.25. The van der Waals surface area contributed by atoms with Crippen LogP contribution in [-0.4, -0.2) is 26.3 Å². The fourth-order valence-electron chi connectivity index (χ4n) is 2.11. The highest BCUT2D eigenvalue weighted by Gasteiger charge is 2.18. The topological polar surface area (TPSA) is 38.5 Å². The summed E-state index contributed by atoms with van der Waals surface area (Å²) < 4.78 is 5.36. The van der Waals surface area contributed by atoms with Crippen molar-refractivity contribution in [2.24, 2.45) is 0 Å². The van der Waals surface area contributed by atoms with E-state index in [1.54, 1.807) is 0 Å². The van der Waals surface area contributed by atoms with Crippen LogP contribution in [0.3, 0.4) is 0 Å². The van der Waals surface area contributed by atoms with Crippen molar-refractivity contribution in [1.82, 2.24) is 0 Å². The number of nitrogens with two attached hydrogens (primary N) is 1. The Kier molecular flexibility index (Phi) is 3.29. The van der Waals surface area contributed by atoms with E-state index in [-0.39, 0.29) is 5.41 Å². The molecule has 17 heavy (non-hydrogen) atoms. The van der Waals surface area contributed by atoms with Crippen LogP contribution in [0.15, 0.2) is 18.2 Å². The summed E-state index contributed by atoms with van der Waals surface area (Å²) in [5, 5.41) is 0. The van der Waals surface area contributed by atoms with Gasteiger partial charge in [-0.05, 0) is 23.1 Å². The molecule has 2 N–H and O–H groups in total. The zero-order valence-corrected chi connectivity index (χ0v) is 11.0. The minimum absolute atomic E-state index is 0.150. The van der Waals surface area contributed by atoms with Gasteiger partial charge in [-0.3, -0.25) is 0 Å². The molecule has 1 aromatic carbocycles. The molecule has 1 heterocycles. The molecular formula is C14H22N2O. The Bertz CT molecular complexity index is 390. The van der Waals surface area contributed by atoms with Gasteiger partial charge in [0.2, 0.25) is 0 Å². The minimum atomic E-state index is 0.150. The summed E-state index contributed by atoms with van der Waals surface area (Å²) in [6, 6.07) is 6.42. The molecule has 3 nitrogen and oxygen atoms in total. The molecule has 94 valence electrons. The molecule has 0 aliphatic carbocycles. The lowest BCUT2D eigenvalue weighted by Gasteiger charge is -2.30. The van der Waals surface area contributed by atoms with Crippen LogP contribution < -0.4 is 10.6 Å². The zero-order chi connectivity index (χ0) is 12.5. The van der Waals surface area contributed by atoms with Gasteiger partial charge in [0.15, 0.2) is 0 Å². The van der Waals surface area contributed by atoms with Crippen LogP contribution in [0.1, 0.15) is 26.3 Å². The lowest BCUT2D eigenvalue weighted by atomic mass is 9.86. The Morgan fingerprint density at radius 1 is 1.18 bits per heavy atom. The Hall–Kier alpha value is -1.22. The predicted octanol–water partition coefficient (Wildman–Crippen LogP) is 2.40. The maximum Gasteiger partial charge on any atom is 0.0642 e. The molecular weight excluding hydrogens is 212 g/mol. The summed E-state index contributed by atoms with van der Waals surface area (Å²) in [5.41, 5.74) is 9.62. The predicted molar refractivity (Wildman–Crippen MR) is 72.6 cm³/mol. The fraction of sp³-hybridized carbons (Fsp3) is 0.571. The molecule has 1 aromatic rings. The van der Waals surface area contributed by atoms with Crippen LogP contribution in [-0.2, 0) is 10.2 Å². The number of morpholine rings is 1. The van der Waals surface area contributed by atoms with E-state index in [2.05, 4.69) is 43.9 Å². The van der Waals surface area contributed by atoms with Crippen molar-refractivity contribution < 1.29 is 4.74 Å². The summed E-state index contributed by atoms with van der Waals surface area (Å²) in [7, 11) is 0. The lowest BCUT2D eigenvalue weighted by molar-refractivity contribution is 0.123. The highest BCUT2D eigenvalue weighted by Crippen LogP contribution is 2.30. The summed E-state index contributed by atoms with van der Waals surface area (Å²) in [4.78, 5) is 2.30. The van der Waals surface area contributed by atoms with Crippen LogP contribution >= 0.6 is 0 Å². The molecule has 0 atom stereocenters. The van der Waals surface area contributed by atoms with E-state index >= 15 is 0 Å². The maximum atomic E-state index is 6.17. The highest BCUT2D eigenvalue weighted by molar-refractivity contribution is 5.69. The molecule has 3 heteroatoms.